The predicted molar refractivity (Wildman–Crippen MR) is 122 cm³/mol. The van der Waals surface area contributed by atoms with Crippen LogP contribution in [0.3, 0.4) is 0 Å². The van der Waals surface area contributed by atoms with Gasteiger partial charge in [0.15, 0.2) is 0 Å². The van der Waals surface area contributed by atoms with Crippen LogP contribution in [-0.4, -0.2) is 60.4 Å². The number of nitrogens with one attached hydrogen (secondary N) is 1. The molecular weight excluding hydrogens is 409 g/mol. The van der Waals surface area contributed by atoms with Crippen LogP contribution in [-0.2, 0) is 7.05 Å². The molecule has 1 aromatic carbocycles. The van der Waals surface area contributed by atoms with E-state index in [4.69, 9.17) is 0 Å². The van der Waals surface area contributed by atoms with Gasteiger partial charge in [-0.05, 0) is 51.8 Å². The van der Waals surface area contributed by atoms with Crippen molar-refractivity contribution in [2.24, 2.45) is 7.05 Å². The van der Waals surface area contributed by atoms with Gasteiger partial charge in [0.1, 0.15) is 17.6 Å². The molecule has 3 aromatic rings. The summed E-state index contributed by atoms with van der Waals surface area (Å²) in [5.41, 5.74) is 1.83. The number of hydrogen-bond acceptors (Lipinski definition) is 7. The highest BCUT2D eigenvalue weighted by Gasteiger charge is 2.48. The Labute approximate surface area is 187 Å². The van der Waals surface area contributed by atoms with Gasteiger partial charge in [-0.3, -0.25) is 4.68 Å². The first-order chi connectivity index (χ1) is 15.0. The van der Waals surface area contributed by atoms with Crippen molar-refractivity contribution in [2.75, 3.05) is 11.9 Å². The van der Waals surface area contributed by atoms with E-state index in [1.165, 1.54) is 0 Å². The lowest BCUT2D eigenvalue weighted by Gasteiger charge is -2.50. The second-order valence-corrected chi connectivity index (χ2v) is 9.79. The van der Waals surface area contributed by atoms with Crippen LogP contribution in [0.1, 0.15) is 34.1 Å². The zero-order chi connectivity index (χ0) is 23.3. The molecular formula is C23H30FN7O. The Bertz CT molecular complexity index is 1110. The van der Waals surface area contributed by atoms with Crippen LogP contribution in [0.5, 0.6) is 5.75 Å². The van der Waals surface area contributed by atoms with E-state index in [0.717, 1.165) is 11.1 Å². The van der Waals surface area contributed by atoms with Crippen molar-refractivity contribution in [1.82, 2.24) is 30.3 Å². The Hall–Kier alpha value is -3.07. The van der Waals surface area contributed by atoms with Crippen molar-refractivity contribution < 1.29 is 9.50 Å². The van der Waals surface area contributed by atoms with Crippen molar-refractivity contribution in [3.63, 3.8) is 0 Å². The second-order valence-electron chi connectivity index (χ2n) is 9.79. The molecule has 0 amide bonds. The van der Waals surface area contributed by atoms with Gasteiger partial charge in [0.05, 0.1) is 18.4 Å². The Balaban J connectivity index is 1.57. The van der Waals surface area contributed by atoms with Gasteiger partial charge in [-0.25, -0.2) is 9.37 Å². The van der Waals surface area contributed by atoms with Gasteiger partial charge in [-0.15, -0.1) is 10.2 Å². The molecule has 4 rings (SSSR count). The zero-order valence-corrected chi connectivity index (χ0v) is 19.3. The first-order valence-corrected chi connectivity index (χ1v) is 10.7. The lowest BCUT2D eigenvalue weighted by atomic mass is 9.77. The zero-order valence-electron chi connectivity index (χ0n) is 19.3. The smallest absolute Gasteiger partial charge is 0.245 e. The van der Waals surface area contributed by atoms with Crippen LogP contribution in [0.2, 0.25) is 0 Å². The number of aromatic hydroxyl groups is 1. The summed E-state index contributed by atoms with van der Waals surface area (Å²) in [6.45, 7) is 7.89. The highest BCUT2D eigenvalue weighted by molar-refractivity contribution is 5.73. The molecule has 9 heteroatoms. The Morgan fingerprint density at radius 2 is 1.91 bits per heavy atom. The van der Waals surface area contributed by atoms with E-state index in [2.05, 4.69) is 39.4 Å². The molecule has 2 aromatic heterocycles. The second kappa shape index (κ2) is 7.81. The maximum atomic E-state index is 15.3. The molecule has 3 heterocycles. The van der Waals surface area contributed by atoms with Crippen LogP contribution in [0, 0.1) is 0 Å². The van der Waals surface area contributed by atoms with Gasteiger partial charge in [0.25, 0.3) is 0 Å². The van der Waals surface area contributed by atoms with Crippen molar-refractivity contribution in [1.29, 1.82) is 0 Å². The quantitative estimate of drug-likeness (QED) is 0.644. The summed E-state index contributed by atoms with van der Waals surface area (Å²) in [5, 5.41) is 26.6. The summed E-state index contributed by atoms with van der Waals surface area (Å²) >= 11 is 0. The number of benzene rings is 1. The molecule has 0 spiro atoms. The molecule has 32 heavy (non-hydrogen) atoms. The number of phenolic OH excluding ortho intramolecular Hbond substituents is 1. The average molecular weight is 440 g/mol. The number of nitrogens with zero attached hydrogens (tertiary/aromatic N) is 6. The number of anilines is 1. The largest absolute Gasteiger partial charge is 0.507 e. The average Bonchev–Trinajstić information content (AvgIpc) is 3.16. The molecule has 0 saturated carbocycles. The minimum Gasteiger partial charge on any atom is -0.507 e. The number of rotatable bonds is 4. The summed E-state index contributed by atoms with van der Waals surface area (Å²) in [6.07, 6.45) is 4.68. The third kappa shape index (κ3) is 4.17. The van der Waals surface area contributed by atoms with Crippen molar-refractivity contribution in [3.05, 3.63) is 36.8 Å². The summed E-state index contributed by atoms with van der Waals surface area (Å²) in [7, 11) is 3.64. The number of aromatic nitrogens is 5. The molecule has 0 radical (unpaired) electrons. The van der Waals surface area contributed by atoms with Crippen LogP contribution in [0.4, 0.5) is 10.3 Å². The molecule has 1 aliphatic heterocycles. The minimum absolute atomic E-state index is 0.0780. The minimum atomic E-state index is -1.10. The fourth-order valence-electron chi connectivity index (χ4n) is 4.63. The van der Waals surface area contributed by atoms with E-state index >= 15 is 4.39 Å². The Morgan fingerprint density at radius 1 is 1.16 bits per heavy atom. The van der Waals surface area contributed by atoms with Gasteiger partial charge in [0, 0.05) is 42.5 Å². The van der Waals surface area contributed by atoms with Gasteiger partial charge in [0.2, 0.25) is 5.95 Å². The fraction of sp³-hybridized carbons (Fsp3) is 0.478. The van der Waals surface area contributed by atoms with Gasteiger partial charge in [-0.2, -0.15) is 5.10 Å². The topological polar surface area (TPSA) is 92.0 Å². The first-order valence-electron chi connectivity index (χ1n) is 10.7. The molecule has 1 aliphatic rings. The number of aryl methyl sites for hydroxylation is 1. The Kier molecular flexibility index (Phi) is 5.40. The van der Waals surface area contributed by atoms with Crippen molar-refractivity contribution in [3.8, 4) is 28.1 Å². The summed E-state index contributed by atoms with van der Waals surface area (Å²) in [5.74, 6) is 0.426. The predicted octanol–water partition coefficient (Wildman–Crippen LogP) is 3.34. The van der Waals surface area contributed by atoms with Gasteiger partial charge >= 0.3 is 0 Å². The highest BCUT2D eigenvalue weighted by atomic mass is 19.1. The van der Waals surface area contributed by atoms with Crippen molar-refractivity contribution >= 4 is 5.95 Å². The van der Waals surface area contributed by atoms with Crippen LogP contribution in [0.25, 0.3) is 22.4 Å². The van der Waals surface area contributed by atoms with Gasteiger partial charge < -0.3 is 15.3 Å². The number of piperidine rings is 1. The first kappa shape index (κ1) is 22.1. The third-order valence-corrected chi connectivity index (χ3v) is 6.08. The number of halogens is 1. The maximum Gasteiger partial charge on any atom is 0.245 e. The lowest BCUT2D eigenvalue weighted by Crippen LogP contribution is -2.68. The molecule has 1 unspecified atom stereocenters. The van der Waals surface area contributed by atoms with E-state index in [-0.39, 0.29) is 17.3 Å². The SMILES string of the molecule is CN(c1ncc(-c2ccc(-c3cnn(C)c3)cc2O)nn1)C1CC(C)(C)NC(C)(C)[C@H]1F. The highest BCUT2D eigenvalue weighted by Crippen LogP contribution is 2.35. The summed E-state index contributed by atoms with van der Waals surface area (Å²) < 4.78 is 17.0. The molecule has 8 nitrogen and oxygen atoms in total. The van der Waals surface area contributed by atoms with E-state index in [1.807, 2.05) is 33.2 Å². The van der Waals surface area contributed by atoms with E-state index < -0.39 is 11.7 Å². The monoisotopic (exact) mass is 439 g/mol. The molecule has 2 N–H and O–H groups in total. The molecule has 0 bridgehead atoms. The van der Waals surface area contributed by atoms with Gasteiger partial charge in [-0.1, -0.05) is 6.07 Å². The molecule has 2 atom stereocenters. The third-order valence-electron chi connectivity index (χ3n) is 6.08. The number of alkyl halides is 1. The van der Waals surface area contributed by atoms with E-state index in [9.17, 15) is 5.11 Å². The normalized spacial score (nSPS) is 22.0. The lowest BCUT2D eigenvalue weighted by molar-refractivity contribution is 0.0563. The van der Waals surface area contributed by atoms with E-state index in [0.29, 0.717) is 23.6 Å². The fourth-order valence-corrected chi connectivity index (χ4v) is 4.63. The summed E-state index contributed by atoms with van der Waals surface area (Å²) in [4.78, 5) is 6.19. The van der Waals surface area contributed by atoms with Crippen LogP contribution >= 0.6 is 0 Å². The molecule has 1 saturated heterocycles. The summed E-state index contributed by atoms with van der Waals surface area (Å²) in [6, 6.07) is 4.95. The number of hydrogen-bond donors (Lipinski definition) is 2. The molecule has 0 aliphatic carbocycles. The van der Waals surface area contributed by atoms with Crippen molar-refractivity contribution in [2.45, 2.75) is 57.4 Å². The van der Waals surface area contributed by atoms with E-state index in [1.54, 1.807) is 41.2 Å². The maximum absolute atomic E-state index is 15.3. The number of phenols is 1. The molecule has 1 fully saturated rings. The standard InChI is InChI=1S/C23H30FN7O/c1-22(2)10-18(20(24)23(3,4)29-22)31(6)21-25-12-17(27-28-21)16-8-7-14(9-19(16)32)15-11-26-30(5)13-15/h7-9,11-13,18,20,29,32H,10H2,1-6H3/t18?,20-/m0/s1. The Morgan fingerprint density at radius 3 is 2.50 bits per heavy atom. The molecule has 170 valence electrons. The van der Waals surface area contributed by atoms with Crippen LogP contribution < -0.4 is 10.2 Å². The van der Waals surface area contributed by atoms with Crippen LogP contribution in [0.15, 0.2) is 36.8 Å².